The fourth-order valence-corrected chi connectivity index (χ4v) is 6.71. The highest BCUT2D eigenvalue weighted by Crippen LogP contribution is 2.22. The molecule has 1 saturated heterocycles. The Kier molecular flexibility index (Phi) is 31.3. The summed E-state index contributed by atoms with van der Waals surface area (Å²) in [6, 6.07) is 0. The van der Waals surface area contributed by atoms with Gasteiger partial charge in [-0.05, 0) is 51.0 Å². The van der Waals surface area contributed by atoms with Crippen LogP contribution in [0.1, 0.15) is 194 Å². The molecule has 1 rings (SSSR count). The minimum atomic E-state index is 0.0196. The molecule has 0 N–H and O–H groups in total. The third kappa shape index (κ3) is 28.1. The summed E-state index contributed by atoms with van der Waals surface area (Å²) in [5.74, 6) is 0.753. The van der Waals surface area contributed by atoms with Crippen LogP contribution in [0.3, 0.4) is 0 Å². The summed E-state index contributed by atoms with van der Waals surface area (Å²) >= 11 is 0. The quantitative estimate of drug-likeness (QED) is 0.0519. The highest BCUT2D eigenvalue weighted by Gasteiger charge is 2.13. The van der Waals surface area contributed by atoms with E-state index in [4.69, 9.17) is 14.2 Å². The average molecular weight is 638 g/mol. The van der Waals surface area contributed by atoms with Crippen molar-refractivity contribution >= 4 is 5.97 Å². The van der Waals surface area contributed by atoms with Crippen molar-refractivity contribution in [3.8, 4) is 0 Å². The van der Waals surface area contributed by atoms with Crippen LogP contribution in [0.2, 0.25) is 0 Å². The van der Waals surface area contributed by atoms with E-state index < -0.39 is 0 Å². The largest absolute Gasteiger partial charge is 0.466 e. The normalized spacial score (nSPS) is 14.8. The maximum absolute atomic E-state index is 12.3. The second-order valence-electron chi connectivity index (χ2n) is 14.1. The molecular formula is C40H79NO4. The number of hydrogen-bond donors (Lipinski definition) is 0. The lowest BCUT2D eigenvalue weighted by molar-refractivity contribution is -0.144. The molecule has 0 amide bonds. The predicted molar refractivity (Wildman–Crippen MR) is 193 cm³/mol. The summed E-state index contributed by atoms with van der Waals surface area (Å²) in [5, 5.41) is 0. The molecule has 0 saturated carbocycles. The van der Waals surface area contributed by atoms with Gasteiger partial charge in [-0.15, -0.1) is 0 Å². The van der Waals surface area contributed by atoms with E-state index in [1.807, 2.05) is 0 Å². The molecule has 5 nitrogen and oxygen atoms in total. The second kappa shape index (κ2) is 33.3. The van der Waals surface area contributed by atoms with Gasteiger partial charge in [-0.2, -0.15) is 0 Å². The van der Waals surface area contributed by atoms with Gasteiger partial charge in [-0.25, -0.2) is 0 Å². The van der Waals surface area contributed by atoms with Gasteiger partial charge in [0.2, 0.25) is 0 Å². The molecule has 268 valence electrons. The molecule has 0 aliphatic carbocycles. The van der Waals surface area contributed by atoms with Gasteiger partial charge in [-0.1, -0.05) is 149 Å². The number of hydrogen-bond acceptors (Lipinski definition) is 5. The maximum Gasteiger partial charge on any atom is 0.305 e. The molecule has 1 fully saturated rings. The van der Waals surface area contributed by atoms with E-state index in [-0.39, 0.29) is 5.97 Å². The van der Waals surface area contributed by atoms with Gasteiger partial charge in [0.15, 0.2) is 0 Å². The summed E-state index contributed by atoms with van der Waals surface area (Å²) in [6.07, 6.45) is 34.2. The predicted octanol–water partition coefficient (Wildman–Crippen LogP) is 11.5. The number of rotatable bonds is 34. The van der Waals surface area contributed by atoms with Crippen LogP contribution in [0.15, 0.2) is 0 Å². The molecule has 5 heteroatoms. The van der Waals surface area contributed by atoms with Crippen molar-refractivity contribution in [3.63, 3.8) is 0 Å². The van der Waals surface area contributed by atoms with Gasteiger partial charge < -0.3 is 14.2 Å². The third-order valence-corrected chi connectivity index (χ3v) is 9.83. The summed E-state index contributed by atoms with van der Waals surface area (Å²) < 4.78 is 17.6. The number of unbranched alkanes of at least 4 members (excludes halogenated alkanes) is 16. The van der Waals surface area contributed by atoms with E-state index in [1.165, 1.54) is 154 Å². The monoisotopic (exact) mass is 638 g/mol. The number of carbonyl (C=O) groups excluding carboxylic acids is 1. The molecule has 45 heavy (non-hydrogen) atoms. The van der Waals surface area contributed by atoms with Crippen molar-refractivity contribution in [3.05, 3.63) is 0 Å². The van der Waals surface area contributed by atoms with Crippen LogP contribution in [-0.2, 0) is 19.0 Å². The Morgan fingerprint density at radius 1 is 0.578 bits per heavy atom. The van der Waals surface area contributed by atoms with Crippen molar-refractivity contribution in [1.29, 1.82) is 0 Å². The number of ether oxygens (including phenoxy) is 3. The third-order valence-electron chi connectivity index (χ3n) is 9.83. The Bertz CT molecular complexity index is 599. The van der Waals surface area contributed by atoms with E-state index in [1.54, 1.807) is 0 Å². The molecule has 0 aromatic rings. The van der Waals surface area contributed by atoms with Crippen molar-refractivity contribution < 1.29 is 19.0 Å². The standard InChI is InChI=1S/C40H79NO4/c1-4-7-10-11-12-15-20-27-39(44-34-24-23-31-41-32-36-43-37-33-41)28-21-16-13-14-17-22-29-40(42)45-35-30-38(25-18-8-5-2)26-19-9-6-3/h38-39H,4-37H2,1-3H3. The van der Waals surface area contributed by atoms with Gasteiger partial charge in [0.25, 0.3) is 0 Å². The van der Waals surface area contributed by atoms with Crippen LogP contribution in [0.25, 0.3) is 0 Å². The van der Waals surface area contributed by atoms with E-state index in [2.05, 4.69) is 25.7 Å². The average Bonchev–Trinajstić information content (AvgIpc) is 3.05. The lowest BCUT2D eigenvalue weighted by atomic mass is 9.92. The lowest BCUT2D eigenvalue weighted by Crippen LogP contribution is -2.36. The van der Waals surface area contributed by atoms with Crippen LogP contribution in [0.4, 0.5) is 0 Å². The Labute approximate surface area is 281 Å². The number of carbonyl (C=O) groups is 1. The van der Waals surface area contributed by atoms with Crippen molar-refractivity contribution in [2.75, 3.05) is 46.1 Å². The highest BCUT2D eigenvalue weighted by molar-refractivity contribution is 5.69. The Morgan fingerprint density at radius 3 is 1.69 bits per heavy atom. The fourth-order valence-electron chi connectivity index (χ4n) is 6.71. The topological polar surface area (TPSA) is 48.0 Å². The zero-order valence-electron chi connectivity index (χ0n) is 30.8. The van der Waals surface area contributed by atoms with E-state index in [0.717, 1.165) is 58.1 Å². The molecule has 1 aliphatic rings. The van der Waals surface area contributed by atoms with Crippen LogP contribution < -0.4 is 0 Å². The Balaban J connectivity index is 2.13. The van der Waals surface area contributed by atoms with Gasteiger partial charge in [0.05, 0.1) is 25.9 Å². The lowest BCUT2D eigenvalue weighted by Gasteiger charge is -2.26. The first-order valence-electron chi connectivity index (χ1n) is 20.3. The van der Waals surface area contributed by atoms with E-state index >= 15 is 0 Å². The first-order chi connectivity index (χ1) is 22.2. The van der Waals surface area contributed by atoms with Crippen molar-refractivity contribution in [1.82, 2.24) is 4.90 Å². The molecule has 1 unspecified atom stereocenters. The minimum absolute atomic E-state index is 0.0196. The first-order valence-corrected chi connectivity index (χ1v) is 20.3. The Hall–Kier alpha value is -0.650. The number of esters is 1. The van der Waals surface area contributed by atoms with Gasteiger partial charge in [-0.3, -0.25) is 9.69 Å². The van der Waals surface area contributed by atoms with Crippen molar-refractivity contribution in [2.24, 2.45) is 5.92 Å². The number of morpholine rings is 1. The SMILES string of the molecule is CCCCCCCCCC(CCCCCCCCC(=O)OCCC(CCCCC)CCCCC)OCCCCN1CCOCC1. The smallest absolute Gasteiger partial charge is 0.305 e. The van der Waals surface area contributed by atoms with Gasteiger partial charge >= 0.3 is 5.97 Å². The maximum atomic E-state index is 12.3. The van der Waals surface area contributed by atoms with Gasteiger partial charge in [0.1, 0.15) is 0 Å². The van der Waals surface area contributed by atoms with Crippen molar-refractivity contribution in [2.45, 2.75) is 200 Å². The minimum Gasteiger partial charge on any atom is -0.466 e. The first kappa shape index (κ1) is 42.4. The molecule has 0 aromatic heterocycles. The van der Waals surface area contributed by atoms with Crippen LogP contribution in [0, 0.1) is 5.92 Å². The van der Waals surface area contributed by atoms with Gasteiger partial charge in [0, 0.05) is 26.1 Å². The van der Waals surface area contributed by atoms with E-state index in [9.17, 15) is 4.79 Å². The number of nitrogens with zero attached hydrogens (tertiary/aromatic N) is 1. The zero-order chi connectivity index (χ0) is 32.5. The highest BCUT2D eigenvalue weighted by atomic mass is 16.5. The zero-order valence-corrected chi connectivity index (χ0v) is 30.8. The Morgan fingerprint density at radius 2 is 1.09 bits per heavy atom. The summed E-state index contributed by atoms with van der Waals surface area (Å²) in [5.41, 5.74) is 0. The second-order valence-corrected chi connectivity index (χ2v) is 14.1. The summed E-state index contributed by atoms with van der Waals surface area (Å²) in [4.78, 5) is 14.8. The fraction of sp³-hybridized carbons (Fsp3) is 0.975. The van der Waals surface area contributed by atoms with E-state index in [0.29, 0.717) is 19.1 Å². The molecule has 0 aromatic carbocycles. The molecule has 1 atom stereocenters. The molecular weight excluding hydrogens is 558 g/mol. The molecule has 0 spiro atoms. The summed E-state index contributed by atoms with van der Waals surface area (Å²) in [7, 11) is 0. The molecule has 0 radical (unpaired) electrons. The van der Waals surface area contributed by atoms with Crippen LogP contribution in [-0.4, -0.2) is 63.0 Å². The van der Waals surface area contributed by atoms with Crippen LogP contribution in [0.5, 0.6) is 0 Å². The molecule has 0 bridgehead atoms. The molecule has 1 heterocycles. The van der Waals surface area contributed by atoms with Crippen LogP contribution >= 0.6 is 0 Å². The molecule has 1 aliphatic heterocycles. The summed E-state index contributed by atoms with van der Waals surface area (Å²) in [6.45, 7) is 13.5.